The van der Waals surface area contributed by atoms with Gasteiger partial charge in [-0.05, 0) is 29.8 Å². The molecule has 0 radical (unpaired) electrons. The molecule has 0 bridgehead atoms. The van der Waals surface area contributed by atoms with Crippen molar-refractivity contribution in [1.29, 1.82) is 0 Å². The van der Waals surface area contributed by atoms with E-state index in [1.165, 1.54) is 29.2 Å². The lowest BCUT2D eigenvalue weighted by atomic mass is 10.1. The molecule has 2 N–H and O–H groups in total. The van der Waals surface area contributed by atoms with E-state index in [1.54, 1.807) is 6.08 Å². The van der Waals surface area contributed by atoms with Crippen LogP contribution in [-0.4, -0.2) is 39.6 Å². The number of hydrogen-bond acceptors (Lipinski definition) is 5. The third kappa shape index (κ3) is 6.26. The van der Waals surface area contributed by atoms with Crippen molar-refractivity contribution in [2.75, 3.05) is 11.9 Å². The summed E-state index contributed by atoms with van der Waals surface area (Å²) in [6, 6.07) is 14.6. The van der Waals surface area contributed by atoms with Crippen LogP contribution < -0.4 is 10.7 Å². The molecular formula is C22H21FN4O3S. The van der Waals surface area contributed by atoms with E-state index in [-0.39, 0.29) is 37.1 Å². The predicted octanol–water partition coefficient (Wildman–Crippen LogP) is 2.91. The first-order valence-electron chi connectivity index (χ1n) is 9.51. The lowest BCUT2D eigenvalue weighted by molar-refractivity contribution is -0.128. The highest BCUT2D eigenvalue weighted by Crippen LogP contribution is 2.29. The molecule has 0 saturated carbocycles. The number of hydrogen-bond donors (Lipinski definition) is 2. The van der Waals surface area contributed by atoms with E-state index in [0.717, 1.165) is 17.3 Å². The number of hydrazone groups is 1. The molecule has 1 fully saturated rings. The maximum absolute atomic E-state index is 13.0. The van der Waals surface area contributed by atoms with Gasteiger partial charge in [-0.3, -0.25) is 19.3 Å². The minimum absolute atomic E-state index is 0.0918. The lowest BCUT2D eigenvalue weighted by Crippen LogP contribution is -2.34. The second kappa shape index (κ2) is 10.5. The molecule has 1 heterocycles. The van der Waals surface area contributed by atoms with E-state index in [9.17, 15) is 18.8 Å². The molecule has 7 nitrogen and oxygen atoms in total. The van der Waals surface area contributed by atoms with Crippen LogP contribution in [0.2, 0.25) is 0 Å². The number of anilines is 1. The van der Waals surface area contributed by atoms with E-state index in [4.69, 9.17) is 0 Å². The van der Waals surface area contributed by atoms with Crippen LogP contribution in [0.1, 0.15) is 12.0 Å². The van der Waals surface area contributed by atoms with Gasteiger partial charge in [0, 0.05) is 18.7 Å². The zero-order chi connectivity index (χ0) is 22.2. The Balaban J connectivity index is 1.61. The number of amidine groups is 1. The Morgan fingerprint density at radius 3 is 2.52 bits per heavy atom. The number of carbonyl (C=O) groups is 3. The number of benzene rings is 2. The molecule has 1 aliphatic heterocycles. The van der Waals surface area contributed by atoms with Gasteiger partial charge in [0.15, 0.2) is 5.17 Å². The molecule has 0 spiro atoms. The highest BCUT2D eigenvalue weighted by molar-refractivity contribution is 8.15. The van der Waals surface area contributed by atoms with Crippen molar-refractivity contribution in [3.8, 4) is 0 Å². The largest absolute Gasteiger partial charge is 0.326 e. The average Bonchev–Trinajstić information content (AvgIpc) is 3.04. The van der Waals surface area contributed by atoms with Crippen LogP contribution in [0, 0.1) is 5.82 Å². The van der Waals surface area contributed by atoms with Gasteiger partial charge in [-0.2, -0.15) is 0 Å². The number of thioether (sulfide) groups is 1. The van der Waals surface area contributed by atoms with Gasteiger partial charge in [0.2, 0.25) is 17.7 Å². The van der Waals surface area contributed by atoms with Crippen molar-refractivity contribution in [1.82, 2.24) is 10.3 Å². The van der Waals surface area contributed by atoms with Crippen LogP contribution in [0.4, 0.5) is 10.1 Å². The summed E-state index contributed by atoms with van der Waals surface area (Å²) in [4.78, 5) is 38.6. The number of halogens is 1. The van der Waals surface area contributed by atoms with Gasteiger partial charge in [-0.1, -0.05) is 48.2 Å². The first-order chi connectivity index (χ1) is 15.0. The SMILES string of the molecule is C=CCN1C(=O)C(CC(=O)Nc2ccc(F)cc2)S/C1=N/NC(=O)Cc1ccccc1. The van der Waals surface area contributed by atoms with Crippen LogP contribution >= 0.6 is 11.8 Å². The average molecular weight is 441 g/mol. The number of nitrogens with zero attached hydrogens (tertiary/aromatic N) is 2. The van der Waals surface area contributed by atoms with Crippen molar-refractivity contribution >= 4 is 40.3 Å². The van der Waals surface area contributed by atoms with Crippen molar-refractivity contribution in [2.24, 2.45) is 5.10 Å². The molecule has 1 saturated heterocycles. The number of amides is 3. The topological polar surface area (TPSA) is 90.9 Å². The summed E-state index contributed by atoms with van der Waals surface area (Å²) in [7, 11) is 0. The molecule has 1 aliphatic rings. The molecule has 3 amide bonds. The number of rotatable bonds is 8. The minimum Gasteiger partial charge on any atom is -0.326 e. The van der Waals surface area contributed by atoms with Crippen molar-refractivity contribution in [3.63, 3.8) is 0 Å². The van der Waals surface area contributed by atoms with Crippen LogP contribution in [0.25, 0.3) is 0 Å². The monoisotopic (exact) mass is 440 g/mol. The second-order valence-corrected chi connectivity index (χ2v) is 7.86. The summed E-state index contributed by atoms with van der Waals surface area (Å²) in [6.45, 7) is 3.84. The Labute approximate surface area is 183 Å². The predicted molar refractivity (Wildman–Crippen MR) is 119 cm³/mol. The molecule has 2 aromatic carbocycles. The van der Waals surface area contributed by atoms with Gasteiger partial charge in [-0.15, -0.1) is 11.7 Å². The maximum atomic E-state index is 13.0. The molecular weight excluding hydrogens is 419 g/mol. The van der Waals surface area contributed by atoms with E-state index in [0.29, 0.717) is 10.9 Å². The quantitative estimate of drug-likeness (QED) is 0.488. The first-order valence-corrected chi connectivity index (χ1v) is 10.4. The fraction of sp³-hybridized carbons (Fsp3) is 0.182. The summed E-state index contributed by atoms with van der Waals surface area (Å²) in [5.74, 6) is -1.40. The third-order valence-corrected chi connectivity index (χ3v) is 5.49. The standard InChI is InChI=1S/C22H21FN4O3S/c1-2-12-27-21(30)18(14-19(28)24-17-10-8-16(23)9-11-17)31-22(27)26-25-20(29)13-15-6-4-3-5-7-15/h2-11,18H,1,12-14H2,(H,24,28)(H,25,29)/b26-22+. The zero-order valence-corrected chi connectivity index (χ0v) is 17.4. The summed E-state index contributed by atoms with van der Waals surface area (Å²) in [6.07, 6.45) is 1.60. The smallest absolute Gasteiger partial charge is 0.244 e. The fourth-order valence-corrected chi connectivity index (χ4v) is 3.97. The van der Waals surface area contributed by atoms with Gasteiger partial charge < -0.3 is 5.32 Å². The minimum atomic E-state index is -0.690. The fourth-order valence-electron chi connectivity index (χ4n) is 2.87. The molecule has 0 aliphatic carbocycles. The van der Waals surface area contributed by atoms with Gasteiger partial charge in [-0.25, -0.2) is 9.82 Å². The van der Waals surface area contributed by atoms with E-state index in [2.05, 4.69) is 22.4 Å². The van der Waals surface area contributed by atoms with Crippen molar-refractivity contribution in [3.05, 3.63) is 78.6 Å². The van der Waals surface area contributed by atoms with Gasteiger partial charge in [0.25, 0.3) is 0 Å². The van der Waals surface area contributed by atoms with Crippen molar-refractivity contribution < 1.29 is 18.8 Å². The van der Waals surface area contributed by atoms with E-state index >= 15 is 0 Å². The van der Waals surface area contributed by atoms with E-state index in [1.807, 2.05) is 30.3 Å². The van der Waals surface area contributed by atoms with Crippen LogP contribution in [0.15, 0.2) is 72.4 Å². The molecule has 3 rings (SSSR count). The molecule has 1 atom stereocenters. The van der Waals surface area contributed by atoms with Crippen molar-refractivity contribution in [2.45, 2.75) is 18.1 Å². The molecule has 31 heavy (non-hydrogen) atoms. The number of carbonyl (C=O) groups excluding carboxylic acids is 3. The summed E-state index contributed by atoms with van der Waals surface area (Å²) in [5, 5.41) is 6.33. The molecule has 1 unspecified atom stereocenters. The van der Waals surface area contributed by atoms with Crippen LogP contribution in [0.5, 0.6) is 0 Å². The Morgan fingerprint density at radius 2 is 1.84 bits per heavy atom. The van der Waals surface area contributed by atoms with Crippen LogP contribution in [0.3, 0.4) is 0 Å². The van der Waals surface area contributed by atoms with Gasteiger partial charge in [0.1, 0.15) is 11.1 Å². The second-order valence-electron chi connectivity index (χ2n) is 6.69. The van der Waals surface area contributed by atoms with Crippen LogP contribution in [-0.2, 0) is 20.8 Å². The Morgan fingerprint density at radius 1 is 1.13 bits per heavy atom. The zero-order valence-electron chi connectivity index (χ0n) is 16.6. The Bertz CT molecular complexity index is 996. The molecule has 2 aromatic rings. The lowest BCUT2D eigenvalue weighted by Gasteiger charge is -2.13. The first kappa shape index (κ1) is 22.2. The normalized spacial score (nSPS) is 16.9. The van der Waals surface area contributed by atoms with E-state index < -0.39 is 11.1 Å². The summed E-state index contributed by atoms with van der Waals surface area (Å²) in [5.41, 5.74) is 3.74. The highest BCUT2D eigenvalue weighted by atomic mass is 32.2. The van der Waals surface area contributed by atoms with Gasteiger partial charge >= 0.3 is 0 Å². The maximum Gasteiger partial charge on any atom is 0.244 e. The third-order valence-electron chi connectivity index (χ3n) is 4.31. The molecule has 9 heteroatoms. The molecule has 0 aromatic heterocycles. The van der Waals surface area contributed by atoms with Gasteiger partial charge in [0.05, 0.1) is 6.42 Å². The molecule has 160 valence electrons. The Hall–Kier alpha value is -3.46. The summed E-state index contributed by atoms with van der Waals surface area (Å²) < 4.78 is 13.0. The number of nitrogens with one attached hydrogen (secondary N) is 2. The highest BCUT2D eigenvalue weighted by Gasteiger charge is 2.38. The summed E-state index contributed by atoms with van der Waals surface area (Å²) >= 11 is 1.10. The Kier molecular flexibility index (Phi) is 7.55.